The summed E-state index contributed by atoms with van der Waals surface area (Å²) >= 11 is 0. The molecule has 0 saturated heterocycles. The van der Waals surface area contributed by atoms with Gasteiger partial charge in [-0.2, -0.15) is 0 Å². The number of ether oxygens (including phenoxy) is 2. The lowest BCUT2D eigenvalue weighted by molar-refractivity contribution is -0.119. The van der Waals surface area contributed by atoms with E-state index in [4.69, 9.17) is 9.47 Å². The number of methoxy groups -OCH3 is 2. The second kappa shape index (κ2) is 8.15. The normalized spacial score (nSPS) is 18.7. The lowest BCUT2D eigenvalue weighted by Gasteiger charge is -2.38. The molecule has 1 amide bonds. The summed E-state index contributed by atoms with van der Waals surface area (Å²) < 4.78 is 11.1. The number of allylic oxidation sites excluding steroid dienone is 2. The Balaban J connectivity index is 1.68. The number of hydrogen-bond acceptors (Lipinski definition) is 4. The third-order valence-corrected chi connectivity index (χ3v) is 6.48. The molecule has 5 heteroatoms. The Labute approximate surface area is 187 Å². The van der Waals surface area contributed by atoms with E-state index in [9.17, 15) is 9.59 Å². The fraction of sp³-hybridized carbons (Fsp3) is 0.259. The highest BCUT2D eigenvalue weighted by Gasteiger charge is 2.41. The standard InChI is InChI=1S/C27H25NO4/c1-31-24-12-5-9-20(27(24)32-2)21-16-25(30)28(22-10-6-11-23(29)26(21)22)19-14-13-17-7-3-4-8-18(17)15-19/h3-5,7-9,12-15,21H,6,10-11,16H2,1-2H3. The zero-order valence-electron chi connectivity index (χ0n) is 18.3. The summed E-state index contributed by atoms with van der Waals surface area (Å²) in [7, 11) is 3.18. The first-order valence-electron chi connectivity index (χ1n) is 10.9. The predicted octanol–water partition coefficient (Wildman–Crippen LogP) is 5.38. The van der Waals surface area contributed by atoms with Crippen LogP contribution < -0.4 is 14.4 Å². The molecular formula is C27H25NO4. The van der Waals surface area contributed by atoms with E-state index in [0.717, 1.165) is 39.7 Å². The number of hydrogen-bond donors (Lipinski definition) is 0. The van der Waals surface area contributed by atoms with Crippen LogP contribution in [0.15, 0.2) is 71.9 Å². The average molecular weight is 428 g/mol. The molecule has 3 aromatic carbocycles. The molecule has 1 aliphatic heterocycles. The predicted molar refractivity (Wildman–Crippen MR) is 124 cm³/mol. The third-order valence-electron chi connectivity index (χ3n) is 6.48. The number of ketones is 1. The first kappa shape index (κ1) is 20.3. The molecule has 0 fully saturated rings. The van der Waals surface area contributed by atoms with Gasteiger partial charge in [0.05, 0.1) is 14.2 Å². The van der Waals surface area contributed by atoms with Crippen molar-refractivity contribution in [3.63, 3.8) is 0 Å². The van der Waals surface area contributed by atoms with E-state index in [1.165, 1.54) is 0 Å². The zero-order valence-corrected chi connectivity index (χ0v) is 18.3. The van der Waals surface area contributed by atoms with Gasteiger partial charge >= 0.3 is 0 Å². The number of Topliss-reactive ketones (excluding diaryl/α,β-unsaturated/α-hetero) is 1. The summed E-state index contributed by atoms with van der Waals surface area (Å²) in [5.74, 6) is 0.937. The first-order valence-corrected chi connectivity index (χ1v) is 10.9. The van der Waals surface area contributed by atoms with Crippen LogP contribution in [0.5, 0.6) is 11.5 Å². The number of carbonyl (C=O) groups is 2. The van der Waals surface area contributed by atoms with Crippen LogP contribution in [0.1, 0.15) is 37.2 Å². The minimum absolute atomic E-state index is 0.0106. The molecule has 5 nitrogen and oxygen atoms in total. The average Bonchev–Trinajstić information content (AvgIpc) is 2.82. The van der Waals surface area contributed by atoms with Gasteiger partial charge in [0.1, 0.15) is 0 Å². The third kappa shape index (κ3) is 3.25. The number of para-hydroxylation sites is 1. The van der Waals surface area contributed by atoms with Gasteiger partial charge in [-0.3, -0.25) is 14.5 Å². The monoisotopic (exact) mass is 427 g/mol. The van der Waals surface area contributed by atoms with Crippen molar-refractivity contribution in [3.05, 3.63) is 77.5 Å². The second-order valence-electron chi connectivity index (χ2n) is 8.24. The highest BCUT2D eigenvalue weighted by atomic mass is 16.5. The molecule has 5 rings (SSSR count). The van der Waals surface area contributed by atoms with Crippen LogP contribution in [-0.4, -0.2) is 25.9 Å². The summed E-state index contributed by atoms with van der Waals surface area (Å²) in [6, 6.07) is 19.7. The molecule has 162 valence electrons. The summed E-state index contributed by atoms with van der Waals surface area (Å²) in [6.07, 6.45) is 2.15. The lowest BCUT2D eigenvalue weighted by Crippen LogP contribution is -2.40. The Morgan fingerprint density at radius 1 is 0.875 bits per heavy atom. The van der Waals surface area contributed by atoms with Gasteiger partial charge in [-0.05, 0) is 41.8 Å². The molecule has 1 atom stereocenters. The maximum atomic E-state index is 13.5. The summed E-state index contributed by atoms with van der Waals surface area (Å²) in [5.41, 5.74) is 3.19. The number of amides is 1. The van der Waals surface area contributed by atoms with E-state index in [-0.39, 0.29) is 24.0 Å². The largest absolute Gasteiger partial charge is 0.493 e. The van der Waals surface area contributed by atoms with Crippen molar-refractivity contribution < 1.29 is 19.1 Å². The molecule has 0 radical (unpaired) electrons. The topological polar surface area (TPSA) is 55.8 Å². The smallest absolute Gasteiger partial charge is 0.232 e. The van der Waals surface area contributed by atoms with Crippen molar-refractivity contribution in [1.29, 1.82) is 0 Å². The molecular weight excluding hydrogens is 402 g/mol. The number of carbonyl (C=O) groups excluding carboxylic acids is 2. The number of fused-ring (bicyclic) bond motifs is 1. The maximum absolute atomic E-state index is 13.5. The van der Waals surface area contributed by atoms with Crippen LogP contribution in [0.25, 0.3) is 10.8 Å². The van der Waals surface area contributed by atoms with Crippen LogP contribution in [0.4, 0.5) is 5.69 Å². The van der Waals surface area contributed by atoms with Crippen molar-refractivity contribution in [2.24, 2.45) is 0 Å². The van der Waals surface area contributed by atoms with Gasteiger partial charge in [-0.1, -0.05) is 42.5 Å². The Hall–Kier alpha value is -3.60. The molecule has 0 saturated carbocycles. The highest BCUT2D eigenvalue weighted by molar-refractivity contribution is 6.08. The lowest BCUT2D eigenvalue weighted by atomic mass is 9.76. The molecule has 0 N–H and O–H groups in total. The van der Waals surface area contributed by atoms with E-state index < -0.39 is 0 Å². The van der Waals surface area contributed by atoms with Crippen LogP contribution in [0.2, 0.25) is 0 Å². The Kier molecular flexibility index (Phi) is 5.17. The van der Waals surface area contributed by atoms with Crippen LogP contribution in [0, 0.1) is 0 Å². The summed E-state index contributed by atoms with van der Waals surface area (Å²) in [5, 5.41) is 2.19. The second-order valence-corrected chi connectivity index (χ2v) is 8.24. The Morgan fingerprint density at radius 2 is 1.69 bits per heavy atom. The van der Waals surface area contributed by atoms with Gasteiger partial charge in [0, 0.05) is 41.3 Å². The molecule has 0 aromatic heterocycles. The first-order chi connectivity index (χ1) is 15.6. The molecule has 2 aliphatic rings. The number of anilines is 1. The molecule has 1 unspecified atom stereocenters. The zero-order chi connectivity index (χ0) is 22.2. The van der Waals surface area contributed by atoms with Crippen LogP contribution in [0.3, 0.4) is 0 Å². The molecule has 1 heterocycles. The van der Waals surface area contributed by atoms with Gasteiger partial charge < -0.3 is 9.47 Å². The summed E-state index contributed by atoms with van der Waals surface area (Å²) in [4.78, 5) is 28.5. The maximum Gasteiger partial charge on any atom is 0.232 e. The van der Waals surface area contributed by atoms with Gasteiger partial charge in [0.15, 0.2) is 17.3 Å². The summed E-state index contributed by atoms with van der Waals surface area (Å²) in [6.45, 7) is 0. The van der Waals surface area contributed by atoms with Gasteiger partial charge in [0.25, 0.3) is 0 Å². The van der Waals surface area contributed by atoms with E-state index >= 15 is 0 Å². The number of rotatable bonds is 4. The van der Waals surface area contributed by atoms with Crippen LogP contribution >= 0.6 is 0 Å². The van der Waals surface area contributed by atoms with Crippen molar-refractivity contribution in [2.75, 3.05) is 19.1 Å². The molecule has 0 bridgehead atoms. The van der Waals surface area contributed by atoms with Gasteiger partial charge in [0.2, 0.25) is 5.91 Å². The molecule has 3 aromatic rings. The number of nitrogens with zero attached hydrogens (tertiary/aromatic N) is 1. The minimum Gasteiger partial charge on any atom is -0.493 e. The molecule has 0 spiro atoms. The Bertz CT molecular complexity index is 1260. The van der Waals surface area contributed by atoms with E-state index in [1.54, 1.807) is 19.1 Å². The Morgan fingerprint density at radius 3 is 2.47 bits per heavy atom. The van der Waals surface area contributed by atoms with E-state index in [2.05, 4.69) is 6.07 Å². The van der Waals surface area contributed by atoms with Crippen molar-refractivity contribution in [1.82, 2.24) is 0 Å². The SMILES string of the molecule is COc1cccc(C2CC(=O)N(c3ccc4ccccc4c3)C3=C2C(=O)CCC3)c1OC. The van der Waals surface area contributed by atoms with Crippen LogP contribution in [-0.2, 0) is 9.59 Å². The minimum atomic E-state index is -0.341. The highest BCUT2D eigenvalue weighted by Crippen LogP contribution is 2.47. The molecule has 1 aliphatic carbocycles. The van der Waals surface area contributed by atoms with E-state index in [1.807, 2.05) is 54.6 Å². The van der Waals surface area contributed by atoms with E-state index in [0.29, 0.717) is 24.3 Å². The fourth-order valence-corrected chi connectivity index (χ4v) is 5.06. The van der Waals surface area contributed by atoms with Gasteiger partial charge in [-0.15, -0.1) is 0 Å². The quantitative estimate of drug-likeness (QED) is 0.561. The van der Waals surface area contributed by atoms with Crippen molar-refractivity contribution in [3.8, 4) is 11.5 Å². The molecule has 32 heavy (non-hydrogen) atoms. The van der Waals surface area contributed by atoms with Crippen molar-refractivity contribution in [2.45, 2.75) is 31.6 Å². The number of benzene rings is 3. The van der Waals surface area contributed by atoms with Gasteiger partial charge in [-0.25, -0.2) is 0 Å². The van der Waals surface area contributed by atoms with Crippen molar-refractivity contribution >= 4 is 28.2 Å². The fourth-order valence-electron chi connectivity index (χ4n) is 5.06.